The lowest BCUT2D eigenvalue weighted by Crippen LogP contribution is -2.11. The van der Waals surface area contributed by atoms with Crippen molar-refractivity contribution >= 4 is 22.9 Å². The van der Waals surface area contributed by atoms with Crippen molar-refractivity contribution in [3.63, 3.8) is 0 Å². The van der Waals surface area contributed by atoms with E-state index in [1.807, 2.05) is 22.8 Å². The first-order valence-corrected chi connectivity index (χ1v) is 8.87. The van der Waals surface area contributed by atoms with Crippen molar-refractivity contribution < 1.29 is 14.6 Å². The van der Waals surface area contributed by atoms with Crippen molar-refractivity contribution in [2.24, 2.45) is 0 Å². The highest BCUT2D eigenvalue weighted by atomic mass is 16.7. The lowest BCUT2D eigenvalue weighted by Gasteiger charge is -2.12. The highest BCUT2D eigenvalue weighted by Crippen LogP contribution is 2.32. The summed E-state index contributed by atoms with van der Waals surface area (Å²) in [4.78, 5) is 13.6. The number of hydrogen-bond acceptors (Lipinski definition) is 8. The lowest BCUT2D eigenvalue weighted by molar-refractivity contribution is 0.174. The van der Waals surface area contributed by atoms with Gasteiger partial charge in [0.2, 0.25) is 12.7 Å². The summed E-state index contributed by atoms with van der Waals surface area (Å²) in [6, 6.07) is 6.03. The van der Waals surface area contributed by atoms with Gasteiger partial charge in [-0.15, -0.1) is 0 Å². The largest absolute Gasteiger partial charge is 0.454 e. The third-order valence-electron chi connectivity index (χ3n) is 4.27. The van der Waals surface area contributed by atoms with Crippen LogP contribution in [-0.4, -0.2) is 44.6 Å². The molecule has 0 fully saturated rings. The molecule has 0 bridgehead atoms. The summed E-state index contributed by atoms with van der Waals surface area (Å²) in [6.45, 7) is 5.34. The van der Waals surface area contributed by atoms with Gasteiger partial charge in [-0.2, -0.15) is 9.97 Å². The Morgan fingerprint density at radius 1 is 1.19 bits per heavy atom. The van der Waals surface area contributed by atoms with Gasteiger partial charge in [-0.25, -0.2) is 4.98 Å². The molecule has 1 aromatic carbocycles. The van der Waals surface area contributed by atoms with E-state index in [2.05, 4.69) is 39.4 Å². The Morgan fingerprint density at radius 3 is 2.85 bits per heavy atom. The maximum Gasteiger partial charge on any atom is 0.231 e. The number of rotatable bonds is 7. The fourth-order valence-electron chi connectivity index (χ4n) is 2.90. The van der Waals surface area contributed by atoms with Gasteiger partial charge in [-0.1, -0.05) is 6.07 Å². The van der Waals surface area contributed by atoms with E-state index in [1.165, 1.54) is 0 Å². The average molecular weight is 370 g/mol. The zero-order valence-corrected chi connectivity index (χ0v) is 15.3. The summed E-state index contributed by atoms with van der Waals surface area (Å²) in [6.07, 6.45) is 1.76. The highest BCUT2D eigenvalue weighted by molar-refractivity contribution is 5.84. The van der Waals surface area contributed by atoms with Crippen molar-refractivity contribution in [2.45, 2.75) is 26.4 Å². The summed E-state index contributed by atoms with van der Waals surface area (Å²) in [7, 11) is 0. The van der Waals surface area contributed by atoms with Gasteiger partial charge in [0.15, 0.2) is 28.5 Å². The number of fused-ring (bicyclic) bond motifs is 2. The van der Waals surface area contributed by atoms with Gasteiger partial charge in [0.25, 0.3) is 0 Å². The highest BCUT2D eigenvalue weighted by Gasteiger charge is 2.16. The maximum absolute atomic E-state index is 9.12. The molecule has 4 rings (SSSR count). The average Bonchev–Trinajstić information content (AvgIpc) is 3.30. The molecule has 0 amide bonds. The summed E-state index contributed by atoms with van der Waals surface area (Å²) >= 11 is 0. The normalized spacial score (nSPS) is 12.7. The van der Waals surface area contributed by atoms with Crippen molar-refractivity contribution in [1.29, 1.82) is 0 Å². The standard InChI is InChI=1S/C18H22N6O3/c1-11(2)24-9-21-15-16(19-5-6-25)22-18(23-17(15)24)20-8-12-3-4-13-14(7-12)27-10-26-13/h3-4,7,9,11,25H,5-6,8,10H2,1-2H3,(H2,19,20,22,23). The molecule has 0 atom stereocenters. The third-order valence-corrected chi connectivity index (χ3v) is 4.27. The van der Waals surface area contributed by atoms with Crippen LogP contribution in [0.3, 0.4) is 0 Å². The Morgan fingerprint density at radius 2 is 2.04 bits per heavy atom. The molecule has 3 N–H and O–H groups in total. The van der Waals surface area contributed by atoms with Crippen LogP contribution in [0.4, 0.5) is 11.8 Å². The number of aromatic nitrogens is 4. The van der Waals surface area contributed by atoms with Crippen molar-refractivity contribution in [3.05, 3.63) is 30.1 Å². The fraction of sp³-hybridized carbons (Fsp3) is 0.389. The van der Waals surface area contributed by atoms with Crippen LogP contribution in [0, 0.1) is 0 Å². The van der Waals surface area contributed by atoms with Gasteiger partial charge in [0, 0.05) is 19.1 Å². The minimum Gasteiger partial charge on any atom is -0.454 e. The molecule has 9 nitrogen and oxygen atoms in total. The molecule has 9 heteroatoms. The summed E-state index contributed by atoms with van der Waals surface area (Å²) in [5.74, 6) is 2.59. The van der Waals surface area contributed by atoms with Crippen LogP contribution in [0.2, 0.25) is 0 Å². The smallest absolute Gasteiger partial charge is 0.231 e. The van der Waals surface area contributed by atoms with E-state index < -0.39 is 0 Å². The first-order valence-electron chi connectivity index (χ1n) is 8.87. The van der Waals surface area contributed by atoms with E-state index in [4.69, 9.17) is 14.6 Å². The molecule has 142 valence electrons. The van der Waals surface area contributed by atoms with E-state index in [9.17, 15) is 0 Å². The third kappa shape index (κ3) is 3.45. The minimum atomic E-state index is 0.0103. The molecule has 0 saturated heterocycles. The number of nitrogens with one attached hydrogen (secondary N) is 2. The lowest BCUT2D eigenvalue weighted by atomic mass is 10.2. The number of aliphatic hydroxyl groups is 1. The molecular weight excluding hydrogens is 348 g/mol. The zero-order chi connectivity index (χ0) is 18.8. The van der Waals surface area contributed by atoms with E-state index in [1.54, 1.807) is 6.33 Å². The number of ether oxygens (including phenoxy) is 2. The Bertz CT molecular complexity index is 956. The Balaban J connectivity index is 1.61. The van der Waals surface area contributed by atoms with E-state index in [0.29, 0.717) is 30.4 Å². The maximum atomic E-state index is 9.12. The first kappa shape index (κ1) is 17.3. The van der Waals surface area contributed by atoms with Crippen LogP contribution in [0.25, 0.3) is 11.2 Å². The molecule has 0 saturated carbocycles. The molecule has 0 spiro atoms. The van der Waals surface area contributed by atoms with Crippen LogP contribution in [-0.2, 0) is 6.54 Å². The number of nitrogens with zero attached hydrogens (tertiary/aromatic N) is 4. The van der Waals surface area contributed by atoms with Crippen LogP contribution in [0.5, 0.6) is 11.5 Å². The first-order chi connectivity index (χ1) is 13.2. The van der Waals surface area contributed by atoms with Crippen molar-refractivity contribution in [1.82, 2.24) is 19.5 Å². The predicted molar refractivity (Wildman–Crippen MR) is 101 cm³/mol. The molecule has 0 unspecified atom stereocenters. The molecule has 1 aliphatic rings. The van der Waals surface area contributed by atoms with E-state index in [0.717, 1.165) is 22.7 Å². The van der Waals surface area contributed by atoms with Gasteiger partial charge in [-0.3, -0.25) is 0 Å². The van der Waals surface area contributed by atoms with E-state index in [-0.39, 0.29) is 19.4 Å². The van der Waals surface area contributed by atoms with Gasteiger partial charge in [-0.05, 0) is 31.5 Å². The second-order valence-corrected chi connectivity index (χ2v) is 6.51. The van der Waals surface area contributed by atoms with Crippen molar-refractivity contribution in [3.8, 4) is 11.5 Å². The molecule has 0 radical (unpaired) electrons. The van der Waals surface area contributed by atoms with Gasteiger partial charge in [0.1, 0.15) is 0 Å². The van der Waals surface area contributed by atoms with Crippen LogP contribution < -0.4 is 20.1 Å². The Hall–Kier alpha value is -3.07. The zero-order valence-electron chi connectivity index (χ0n) is 15.3. The molecule has 1 aliphatic heterocycles. The molecule has 27 heavy (non-hydrogen) atoms. The van der Waals surface area contributed by atoms with Crippen LogP contribution in [0.15, 0.2) is 24.5 Å². The number of benzene rings is 1. The van der Waals surface area contributed by atoms with Crippen LogP contribution in [0.1, 0.15) is 25.5 Å². The molecule has 3 aromatic rings. The summed E-state index contributed by atoms with van der Waals surface area (Å²) in [5, 5.41) is 15.5. The molecular formula is C18H22N6O3. The monoisotopic (exact) mass is 370 g/mol. The second kappa shape index (κ2) is 7.28. The quantitative estimate of drug-likeness (QED) is 0.581. The summed E-state index contributed by atoms with van der Waals surface area (Å²) in [5.41, 5.74) is 2.46. The minimum absolute atomic E-state index is 0.0103. The fourth-order valence-corrected chi connectivity index (χ4v) is 2.90. The SMILES string of the molecule is CC(C)n1cnc2c(NCCO)nc(NCc3ccc4c(c3)OCO4)nc21. The van der Waals surface area contributed by atoms with E-state index >= 15 is 0 Å². The van der Waals surface area contributed by atoms with Gasteiger partial charge < -0.3 is 29.8 Å². The predicted octanol–water partition coefficient (Wildman–Crippen LogP) is 2.15. The molecule has 3 heterocycles. The summed E-state index contributed by atoms with van der Waals surface area (Å²) < 4.78 is 12.7. The Labute approximate surface area is 156 Å². The van der Waals surface area contributed by atoms with Crippen molar-refractivity contribution in [2.75, 3.05) is 30.6 Å². The number of imidazole rings is 1. The number of aliphatic hydroxyl groups excluding tert-OH is 1. The number of anilines is 2. The van der Waals surface area contributed by atoms with Gasteiger partial charge >= 0.3 is 0 Å². The number of hydrogen-bond donors (Lipinski definition) is 3. The topological polar surface area (TPSA) is 106 Å². The van der Waals surface area contributed by atoms with Crippen LogP contribution >= 0.6 is 0 Å². The second-order valence-electron chi connectivity index (χ2n) is 6.51. The molecule has 2 aromatic heterocycles. The molecule has 0 aliphatic carbocycles. The Kier molecular flexibility index (Phi) is 4.68. The van der Waals surface area contributed by atoms with Gasteiger partial charge in [0.05, 0.1) is 12.9 Å².